The maximum Gasteiger partial charge on any atom is 0.323 e. The van der Waals surface area contributed by atoms with E-state index in [1.807, 2.05) is 23.1 Å². The van der Waals surface area contributed by atoms with Crippen molar-refractivity contribution in [1.29, 1.82) is 0 Å². The van der Waals surface area contributed by atoms with Gasteiger partial charge in [0.05, 0.1) is 13.7 Å². The largest absolute Gasteiger partial charge is 0.496 e. The molecule has 1 aromatic heterocycles. The number of ether oxygens (including phenoxy) is 2. The third-order valence-electron chi connectivity index (χ3n) is 6.58. The fraction of sp³-hybridized carbons (Fsp3) is 0.600. The van der Waals surface area contributed by atoms with Crippen molar-refractivity contribution in [2.45, 2.75) is 74.9 Å². The molecule has 9 nitrogen and oxygen atoms in total. The van der Waals surface area contributed by atoms with Crippen LogP contribution in [0.1, 0.15) is 63.9 Å². The Balaban J connectivity index is 1.56. The zero-order valence-corrected chi connectivity index (χ0v) is 22.7. The van der Waals surface area contributed by atoms with Crippen LogP contribution >= 0.6 is 22.6 Å². The number of carbonyl (C=O) groups is 1. The van der Waals surface area contributed by atoms with Crippen molar-refractivity contribution in [2.24, 2.45) is 0 Å². The highest BCUT2D eigenvalue weighted by atomic mass is 127. The van der Waals surface area contributed by atoms with E-state index in [1.165, 1.54) is 25.7 Å². The molecular weight excluding hydrogens is 559 g/mol. The van der Waals surface area contributed by atoms with Crippen LogP contribution in [0, 0.1) is 0 Å². The van der Waals surface area contributed by atoms with Crippen molar-refractivity contribution in [3.8, 4) is 11.8 Å². The lowest BCUT2D eigenvalue weighted by atomic mass is 10.1. The van der Waals surface area contributed by atoms with Crippen LogP contribution in [-0.2, 0) is 9.22 Å². The van der Waals surface area contributed by atoms with Gasteiger partial charge in [0.25, 0.3) is 0 Å². The molecule has 35 heavy (non-hydrogen) atoms. The summed E-state index contributed by atoms with van der Waals surface area (Å²) in [6, 6.07) is 6.55. The predicted molar refractivity (Wildman–Crippen MR) is 145 cm³/mol. The molecule has 1 saturated heterocycles. The third-order valence-corrected chi connectivity index (χ3v) is 7.40. The molecule has 1 unspecified atom stereocenters. The molecule has 1 saturated carbocycles. The number of hydrogen-bond donors (Lipinski definition) is 2. The van der Waals surface area contributed by atoms with Gasteiger partial charge < -0.3 is 25.0 Å². The van der Waals surface area contributed by atoms with Crippen LogP contribution in [-0.4, -0.2) is 58.1 Å². The Bertz CT molecular complexity index is 999. The summed E-state index contributed by atoms with van der Waals surface area (Å²) >= 11 is 2.32. The number of methoxy groups -OCH3 is 1. The number of amides is 1. The van der Waals surface area contributed by atoms with Gasteiger partial charge >= 0.3 is 6.01 Å². The van der Waals surface area contributed by atoms with Gasteiger partial charge in [0.1, 0.15) is 11.9 Å². The number of hydrogen-bond acceptors (Lipinski definition) is 8. The molecule has 0 bridgehead atoms. The second-order valence-electron chi connectivity index (χ2n) is 9.23. The van der Waals surface area contributed by atoms with Gasteiger partial charge in [0.2, 0.25) is 17.8 Å². The maximum absolute atomic E-state index is 11.9. The molecule has 1 aliphatic carbocycles. The zero-order chi connectivity index (χ0) is 24.6. The SMILES string of the molecule is COc1ccc(Nc2nc(NC3CCCCCC3)nc(OC3CCCN(C(C)=O)C3)n2)cc1CI. The second-order valence-corrected chi connectivity index (χ2v) is 9.99. The van der Waals surface area contributed by atoms with Crippen LogP contribution in [0.5, 0.6) is 11.8 Å². The van der Waals surface area contributed by atoms with Crippen molar-refractivity contribution in [2.75, 3.05) is 30.8 Å². The normalized spacial score (nSPS) is 19.1. The van der Waals surface area contributed by atoms with Crippen molar-refractivity contribution in [3.63, 3.8) is 0 Å². The summed E-state index contributed by atoms with van der Waals surface area (Å²) in [5.41, 5.74) is 1.96. The quantitative estimate of drug-likeness (QED) is 0.248. The Morgan fingerprint density at radius 3 is 2.57 bits per heavy atom. The Morgan fingerprint density at radius 1 is 1.09 bits per heavy atom. The first-order chi connectivity index (χ1) is 17.0. The number of halogens is 1. The molecule has 1 aliphatic heterocycles. The highest BCUT2D eigenvalue weighted by Gasteiger charge is 2.24. The van der Waals surface area contributed by atoms with Gasteiger partial charge in [-0.1, -0.05) is 48.3 Å². The van der Waals surface area contributed by atoms with Gasteiger partial charge in [0, 0.05) is 35.2 Å². The minimum Gasteiger partial charge on any atom is -0.496 e. The van der Waals surface area contributed by atoms with Crippen LogP contribution in [0.15, 0.2) is 18.2 Å². The Labute approximate surface area is 220 Å². The lowest BCUT2D eigenvalue weighted by molar-refractivity contribution is -0.131. The fourth-order valence-corrected chi connectivity index (χ4v) is 5.29. The van der Waals surface area contributed by atoms with E-state index in [0.717, 1.165) is 53.7 Å². The van der Waals surface area contributed by atoms with Gasteiger partial charge in [-0.05, 0) is 43.9 Å². The molecule has 2 N–H and O–H groups in total. The standard InChI is InChI=1S/C25H35IN6O3/c1-17(33)32-13-7-10-21(16-32)35-25-30-23(27-19-8-5-3-4-6-9-19)29-24(31-25)28-20-11-12-22(34-2)18(14-20)15-26/h11-12,14,19,21H,3-10,13,15-16H2,1-2H3,(H2,27,28,29,30,31). The van der Waals surface area contributed by atoms with Crippen molar-refractivity contribution < 1.29 is 14.3 Å². The van der Waals surface area contributed by atoms with E-state index in [1.54, 1.807) is 14.0 Å². The summed E-state index contributed by atoms with van der Waals surface area (Å²) in [4.78, 5) is 27.5. The molecular formula is C25H35IN6O3. The number of benzene rings is 1. The molecule has 2 aromatic rings. The molecule has 1 atom stereocenters. The zero-order valence-electron chi connectivity index (χ0n) is 20.6. The first-order valence-electron chi connectivity index (χ1n) is 12.5. The van der Waals surface area contributed by atoms with E-state index in [4.69, 9.17) is 9.47 Å². The Kier molecular flexibility index (Phi) is 9.22. The Morgan fingerprint density at radius 2 is 1.86 bits per heavy atom. The second kappa shape index (κ2) is 12.5. The number of alkyl halides is 1. The van der Waals surface area contributed by atoms with E-state index in [0.29, 0.717) is 24.5 Å². The number of anilines is 3. The summed E-state index contributed by atoms with van der Waals surface area (Å²) in [5, 5.41) is 6.84. The third kappa shape index (κ3) is 7.31. The maximum atomic E-state index is 11.9. The minimum atomic E-state index is -0.139. The topological polar surface area (TPSA) is 101 Å². The number of nitrogens with zero attached hydrogens (tertiary/aromatic N) is 4. The molecule has 2 heterocycles. The lowest BCUT2D eigenvalue weighted by Crippen LogP contribution is -2.43. The Hall–Kier alpha value is -2.37. The van der Waals surface area contributed by atoms with E-state index in [9.17, 15) is 4.79 Å². The van der Waals surface area contributed by atoms with Gasteiger partial charge in [-0.2, -0.15) is 15.0 Å². The fourth-order valence-electron chi connectivity index (χ4n) is 4.70. The molecule has 2 aliphatic rings. The number of aromatic nitrogens is 3. The van der Waals surface area contributed by atoms with Crippen LogP contribution in [0.3, 0.4) is 0 Å². The highest BCUT2D eigenvalue weighted by molar-refractivity contribution is 14.1. The van der Waals surface area contributed by atoms with Crippen molar-refractivity contribution in [3.05, 3.63) is 23.8 Å². The van der Waals surface area contributed by atoms with Crippen LogP contribution in [0.4, 0.5) is 17.6 Å². The number of likely N-dealkylation sites (tertiary alicyclic amines) is 1. The van der Waals surface area contributed by atoms with E-state index in [2.05, 4.69) is 48.2 Å². The van der Waals surface area contributed by atoms with Crippen LogP contribution in [0.2, 0.25) is 0 Å². The number of carbonyl (C=O) groups excluding carboxylic acids is 1. The van der Waals surface area contributed by atoms with Crippen LogP contribution < -0.4 is 20.1 Å². The minimum absolute atomic E-state index is 0.0672. The summed E-state index contributed by atoms with van der Waals surface area (Å²) in [6.45, 7) is 2.91. The van der Waals surface area contributed by atoms with Gasteiger partial charge in [-0.3, -0.25) is 4.79 Å². The predicted octanol–water partition coefficient (Wildman–Crippen LogP) is 5.08. The molecule has 0 spiro atoms. The molecule has 2 fully saturated rings. The number of nitrogens with one attached hydrogen (secondary N) is 2. The van der Waals surface area contributed by atoms with Gasteiger partial charge in [-0.25, -0.2) is 0 Å². The molecule has 10 heteroatoms. The first kappa shape index (κ1) is 25.7. The summed E-state index contributed by atoms with van der Waals surface area (Å²) in [5.74, 6) is 1.87. The molecule has 1 amide bonds. The highest BCUT2D eigenvalue weighted by Crippen LogP contribution is 2.27. The lowest BCUT2D eigenvalue weighted by Gasteiger charge is -2.31. The molecule has 4 rings (SSSR count). The van der Waals surface area contributed by atoms with Crippen LogP contribution in [0.25, 0.3) is 0 Å². The smallest absolute Gasteiger partial charge is 0.323 e. The van der Waals surface area contributed by atoms with E-state index < -0.39 is 0 Å². The van der Waals surface area contributed by atoms with Crippen molar-refractivity contribution >= 4 is 46.1 Å². The summed E-state index contributed by atoms with van der Waals surface area (Å²) < 4.78 is 12.5. The van der Waals surface area contributed by atoms with E-state index in [-0.39, 0.29) is 18.0 Å². The first-order valence-corrected chi connectivity index (χ1v) is 14.0. The number of rotatable bonds is 8. The van der Waals surface area contributed by atoms with Gasteiger partial charge in [-0.15, -0.1) is 0 Å². The summed E-state index contributed by atoms with van der Waals surface area (Å²) in [7, 11) is 1.68. The van der Waals surface area contributed by atoms with E-state index >= 15 is 0 Å². The molecule has 190 valence electrons. The average Bonchev–Trinajstić information content (AvgIpc) is 3.12. The number of piperidine rings is 1. The van der Waals surface area contributed by atoms with Crippen molar-refractivity contribution in [1.82, 2.24) is 19.9 Å². The molecule has 1 aromatic carbocycles. The average molecular weight is 594 g/mol. The monoisotopic (exact) mass is 594 g/mol. The molecule has 0 radical (unpaired) electrons. The summed E-state index contributed by atoms with van der Waals surface area (Å²) in [6.07, 6.45) is 8.83. The van der Waals surface area contributed by atoms with Gasteiger partial charge in [0.15, 0.2) is 0 Å².